The van der Waals surface area contributed by atoms with Crippen LogP contribution in [0.15, 0.2) is 21.2 Å². The molecule has 102 valence electrons. The van der Waals surface area contributed by atoms with Gasteiger partial charge >= 0.3 is 0 Å². The Morgan fingerprint density at radius 3 is 3.11 bits per heavy atom. The van der Waals surface area contributed by atoms with Gasteiger partial charge in [0.25, 0.3) is 0 Å². The summed E-state index contributed by atoms with van der Waals surface area (Å²) in [6, 6.07) is 3.96. The molecular formula is C13H17BrN4O. The van der Waals surface area contributed by atoms with Gasteiger partial charge in [-0.3, -0.25) is 10.00 Å². The molecule has 1 atom stereocenters. The number of furan rings is 1. The van der Waals surface area contributed by atoms with Crippen LogP contribution in [-0.2, 0) is 6.54 Å². The van der Waals surface area contributed by atoms with E-state index >= 15 is 0 Å². The zero-order valence-electron chi connectivity index (χ0n) is 10.9. The van der Waals surface area contributed by atoms with Crippen molar-refractivity contribution in [3.05, 3.63) is 34.2 Å². The highest BCUT2D eigenvalue weighted by molar-refractivity contribution is 9.10. The summed E-state index contributed by atoms with van der Waals surface area (Å²) >= 11 is 3.34. The quantitative estimate of drug-likeness (QED) is 0.943. The number of rotatable bonds is 3. The van der Waals surface area contributed by atoms with Gasteiger partial charge in [-0.15, -0.1) is 0 Å². The lowest BCUT2D eigenvalue weighted by Gasteiger charge is -2.30. The van der Waals surface area contributed by atoms with E-state index in [2.05, 4.69) is 36.0 Å². The number of hydrogen-bond donors (Lipinski definition) is 1. The van der Waals surface area contributed by atoms with Crippen LogP contribution >= 0.6 is 15.9 Å². The minimum absolute atomic E-state index is 0.428. The van der Waals surface area contributed by atoms with Gasteiger partial charge in [0.15, 0.2) is 10.5 Å². The van der Waals surface area contributed by atoms with E-state index in [1.165, 1.54) is 6.42 Å². The summed E-state index contributed by atoms with van der Waals surface area (Å²) in [5, 5.41) is 7.22. The molecule has 3 heterocycles. The average Bonchev–Trinajstić information content (AvgIpc) is 2.99. The van der Waals surface area contributed by atoms with Gasteiger partial charge < -0.3 is 4.42 Å². The lowest BCUT2D eigenvalue weighted by atomic mass is 9.97. The molecule has 19 heavy (non-hydrogen) atoms. The molecule has 0 aromatic carbocycles. The van der Waals surface area contributed by atoms with E-state index in [0.29, 0.717) is 5.92 Å². The molecule has 2 aromatic heterocycles. The van der Waals surface area contributed by atoms with Crippen molar-refractivity contribution in [1.82, 2.24) is 20.1 Å². The Kier molecular flexibility index (Phi) is 3.70. The molecule has 0 amide bonds. The predicted octanol–water partition coefficient (Wildman–Crippen LogP) is 2.85. The number of nitrogens with one attached hydrogen (secondary N) is 1. The second-order valence-corrected chi connectivity index (χ2v) is 5.84. The number of likely N-dealkylation sites (tertiary alicyclic amines) is 1. The van der Waals surface area contributed by atoms with Gasteiger partial charge in [-0.1, -0.05) is 0 Å². The molecule has 3 rings (SSSR count). The van der Waals surface area contributed by atoms with Crippen molar-refractivity contribution in [1.29, 1.82) is 0 Å². The first kappa shape index (κ1) is 12.9. The summed E-state index contributed by atoms with van der Waals surface area (Å²) in [6.07, 6.45) is 2.34. The molecule has 1 saturated heterocycles. The zero-order valence-corrected chi connectivity index (χ0v) is 12.5. The number of H-pyrrole nitrogens is 1. The summed E-state index contributed by atoms with van der Waals surface area (Å²) in [5.41, 5.74) is 0. The Labute approximate surface area is 120 Å². The molecular weight excluding hydrogens is 308 g/mol. The van der Waals surface area contributed by atoms with E-state index in [0.717, 1.165) is 48.1 Å². The average molecular weight is 325 g/mol. The molecule has 0 spiro atoms. The first-order valence-electron chi connectivity index (χ1n) is 6.56. The Hall–Kier alpha value is -1.14. The van der Waals surface area contributed by atoms with Crippen molar-refractivity contribution < 1.29 is 4.42 Å². The molecule has 2 aromatic rings. The van der Waals surface area contributed by atoms with Crippen molar-refractivity contribution in [2.45, 2.75) is 32.2 Å². The summed E-state index contributed by atoms with van der Waals surface area (Å²) in [4.78, 5) is 6.86. The number of aryl methyl sites for hydroxylation is 1. The zero-order chi connectivity index (χ0) is 13.2. The topological polar surface area (TPSA) is 58.0 Å². The van der Waals surface area contributed by atoms with Gasteiger partial charge in [0, 0.05) is 12.5 Å². The van der Waals surface area contributed by atoms with Crippen LogP contribution in [0.2, 0.25) is 0 Å². The largest absolute Gasteiger partial charge is 0.453 e. The third-order valence-electron chi connectivity index (χ3n) is 3.49. The van der Waals surface area contributed by atoms with Gasteiger partial charge in [0.2, 0.25) is 0 Å². The number of aromatic amines is 1. The molecule has 5 nitrogen and oxygen atoms in total. The van der Waals surface area contributed by atoms with E-state index in [1.807, 2.05) is 19.1 Å². The molecule has 0 bridgehead atoms. The lowest BCUT2D eigenvalue weighted by molar-refractivity contribution is 0.183. The predicted molar refractivity (Wildman–Crippen MR) is 74.8 cm³/mol. The maximum absolute atomic E-state index is 5.57. The Morgan fingerprint density at radius 2 is 2.42 bits per heavy atom. The highest BCUT2D eigenvalue weighted by Gasteiger charge is 2.24. The minimum Gasteiger partial charge on any atom is -0.453 e. The van der Waals surface area contributed by atoms with E-state index < -0.39 is 0 Å². The minimum atomic E-state index is 0.428. The highest BCUT2D eigenvalue weighted by Crippen LogP contribution is 2.26. The number of halogens is 1. The van der Waals surface area contributed by atoms with Gasteiger partial charge in [-0.25, -0.2) is 4.98 Å². The lowest BCUT2D eigenvalue weighted by Crippen LogP contribution is -2.34. The first-order valence-corrected chi connectivity index (χ1v) is 7.35. The Bertz CT molecular complexity index is 550. The van der Waals surface area contributed by atoms with E-state index in [-0.39, 0.29) is 0 Å². The fourth-order valence-corrected chi connectivity index (χ4v) is 2.95. The van der Waals surface area contributed by atoms with E-state index in [9.17, 15) is 0 Å². The molecule has 1 aliphatic rings. The van der Waals surface area contributed by atoms with Crippen LogP contribution < -0.4 is 0 Å². The number of hydrogen-bond acceptors (Lipinski definition) is 4. The third kappa shape index (κ3) is 3.06. The first-order chi connectivity index (χ1) is 9.20. The Balaban J connectivity index is 1.64. The smallest absolute Gasteiger partial charge is 0.169 e. The van der Waals surface area contributed by atoms with Crippen LogP contribution in [0.4, 0.5) is 0 Å². The summed E-state index contributed by atoms with van der Waals surface area (Å²) in [5.74, 6) is 3.26. The van der Waals surface area contributed by atoms with Crippen LogP contribution in [0.5, 0.6) is 0 Å². The normalized spacial score (nSPS) is 20.8. The maximum Gasteiger partial charge on any atom is 0.169 e. The molecule has 0 unspecified atom stereocenters. The van der Waals surface area contributed by atoms with Gasteiger partial charge in [0.1, 0.15) is 11.6 Å². The molecule has 0 aliphatic carbocycles. The van der Waals surface area contributed by atoms with Gasteiger partial charge in [0.05, 0.1) is 6.54 Å². The number of nitrogens with zero attached hydrogens (tertiary/aromatic N) is 3. The standard InChI is InChI=1S/C13H17BrN4O/c1-9-15-13(17-16-9)10-3-2-6-18(7-10)8-11-4-5-12(14)19-11/h4-5,10H,2-3,6-8H2,1H3,(H,15,16,17)/t10-/m1/s1. The van der Waals surface area contributed by atoms with Crippen molar-refractivity contribution >= 4 is 15.9 Å². The van der Waals surface area contributed by atoms with Crippen LogP contribution in [0, 0.1) is 6.92 Å². The van der Waals surface area contributed by atoms with Crippen LogP contribution in [0.25, 0.3) is 0 Å². The molecule has 1 aliphatic heterocycles. The summed E-state index contributed by atoms with van der Waals surface area (Å²) < 4.78 is 6.36. The molecule has 1 fully saturated rings. The molecule has 6 heteroatoms. The summed E-state index contributed by atoms with van der Waals surface area (Å²) in [6.45, 7) is 4.90. The van der Waals surface area contributed by atoms with Gasteiger partial charge in [-0.05, 0) is 54.4 Å². The van der Waals surface area contributed by atoms with Crippen LogP contribution in [0.1, 0.15) is 36.2 Å². The van der Waals surface area contributed by atoms with E-state index in [4.69, 9.17) is 4.42 Å². The Morgan fingerprint density at radius 1 is 1.53 bits per heavy atom. The monoisotopic (exact) mass is 324 g/mol. The molecule has 0 radical (unpaired) electrons. The summed E-state index contributed by atoms with van der Waals surface area (Å²) in [7, 11) is 0. The second-order valence-electron chi connectivity index (χ2n) is 5.06. The third-order valence-corrected chi connectivity index (χ3v) is 3.92. The number of piperidine rings is 1. The maximum atomic E-state index is 5.57. The molecule has 1 N–H and O–H groups in total. The van der Waals surface area contributed by atoms with Crippen LogP contribution in [-0.4, -0.2) is 33.2 Å². The van der Waals surface area contributed by atoms with Crippen molar-refractivity contribution in [3.63, 3.8) is 0 Å². The highest BCUT2D eigenvalue weighted by atomic mass is 79.9. The fourth-order valence-electron chi connectivity index (χ4n) is 2.61. The molecule has 0 saturated carbocycles. The van der Waals surface area contributed by atoms with Crippen molar-refractivity contribution in [3.8, 4) is 0 Å². The fraction of sp³-hybridized carbons (Fsp3) is 0.538. The van der Waals surface area contributed by atoms with Gasteiger partial charge in [-0.2, -0.15) is 5.10 Å². The van der Waals surface area contributed by atoms with E-state index in [1.54, 1.807) is 0 Å². The second kappa shape index (κ2) is 5.46. The van der Waals surface area contributed by atoms with Crippen LogP contribution in [0.3, 0.4) is 0 Å². The SMILES string of the molecule is Cc1nc([C@@H]2CCCN(Cc3ccc(Br)o3)C2)n[nH]1. The van der Waals surface area contributed by atoms with Crippen molar-refractivity contribution in [2.75, 3.05) is 13.1 Å². The number of aromatic nitrogens is 3. The van der Waals surface area contributed by atoms with Crippen molar-refractivity contribution in [2.24, 2.45) is 0 Å².